The van der Waals surface area contributed by atoms with Crippen molar-refractivity contribution < 1.29 is 8.42 Å². The lowest BCUT2D eigenvalue weighted by atomic mass is 10.3. The monoisotopic (exact) mass is 311 g/mol. The van der Waals surface area contributed by atoms with Crippen LogP contribution in [0.1, 0.15) is 19.8 Å². The minimum atomic E-state index is -3.50. The molecule has 2 rings (SSSR count). The minimum absolute atomic E-state index is 0.294. The SMILES string of the molecule is CCCCNc1ccc(NS(=O)(=O)c2cccs2)cn1. The summed E-state index contributed by atoms with van der Waals surface area (Å²) in [5.41, 5.74) is 0.458. The average molecular weight is 311 g/mol. The smallest absolute Gasteiger partial charge is 0.271 e. The van der Waals surface area contributed by atoms with Crippen LogP contribution in [0.2, 0.25) is 0 Å². The molecule has 2 aromatic heterocycles. The summed E-state index contributed by atoms with van der Waals surface area (Å²) in [6.45, 7) is 2.99. The van der Waals surface area contributed by atoms with Crippen molar-refractivity contribution in [2.45, 2.75) is 24.0 Å². The van der Waals surface area contributed by atoms with Gasteiger partial charge in [0.2, 0.25) is 0 Å². The number of sulfonamides is 1. The summed E-state index contributed by atoms with van der Waals surface area (Å²) in [5, 5.41) is 4.91. The fraction of sp³-hybridized carbons (Fsp3) is 0.308. The van der Waals surface area contributed by atoms with Crippen LogP contribution < -0.4 is 10.0 Å². The van der Waals surface area contributed by atoms with Crippen molar-refractivity contribution in [3.63, 3.8) is 0 Å². The number of anilines is 2. The summed E-state index contributed by atoms with van der Waals surface area (Å²) in [7, 11) is -3.50. The number of rotatable bonds is 7. The lowest BCUT2D eigenvalue weighted by molar-refractivity contribution is 0.603. The Kier molecular flexibility index (Phi) is 4.97. The predicted molar refractivity (Wildman–Crippen MR) is 82.8 cm³/mol. The van der Waals surface area contributed by atoms with Crippen LogP contribution in [0.3, 0.4) is 0 Å². The van der Waals surface area contributed by atoms with E-state index in [0.29, 0.717) is 9.90 Å². The molecule has 0 aliphatic rings. The second-order valence-corrected chi connectivity index (χ2v) is 7.11. The first-order valence-corrected chi connectivity index (χ1v) is 8.74. The quantitative estimate of drug-likeness (QED) is 0.771. The third-order valence-corrected chi connectivity index (χ3v) is 5.39. The molecule has 0 bridgehead atoms. The maximum absolute atomic E-state index is 12.0. The number of nitrogens with one attached hydrogen (secondary N) is 2. The summed E-state index contributed by atoms with van der Waals surface area (Å²) in [6.07, 6.45) is 3.71. The molecule has 0 atom stereocenters. The fourth-order valence-electron chi connectivity index (χ4n) is 1.57. The Morgan fingerprint density at radius 2 is 2.15 bits per heavy atom. The van der Waals surface area contributed by atoms with E-state index in [1.165, 1.54) is 17.5 Å². The van der Waals surface area contributed by atoms with Crippen molar-refractivity contribution in [3.05, 3.63) is 35.8 Å². The third kappa shape index (κ3) is 3.94. The highest BCUT2D eigenvalue weighted by Crippen LogP contribution is 2.20. The summed E-state index contributed by atoms with van der Waals surface area (Å²) in [4.78, 5) is 4.18. The molecule has 108 valence electrons. The normalized spacial score (nSPS) is 11.2. The number of hydrogen-bond acceptors (Lipinski definition) is 5. The Bertz CT molecular complexity index is 622. The van der Waals surface area contributed by atoms with E-state index in [1.807, 2.05) is 0 Å². The number of thiophene rings is 1. The molecule has 2 aromatic rings. The van der Waals surface area contributed by atoms with Gasteiger partial charge in [0, 0.05) is 6.54 Å². The zero-order valence-corrected chi connectivity index (χ0v) is 12.8. The van der Waals surface area contributed by atoms with Gasteiger partial charge in [0.05, 0.1) is 11.9 Å². The molecular formula is C13H17N3O2S2. The van der Waals surface area contributed by atoms with Crippen LogP contribution in [-0.2, 0) is 10.0 Å². The van der Waals surface area contributed by atoms with Gasteiger partial charge in [-0.25, -0.2) is 13.4 Å². The molecule has 0 saturated heterocycles. The molecule has 0 radical (unpaired) electrons. The van der Waals surface area contributed by atoms with Crippen molar-refractivity contribution in [3.8, 4) is 0 Å². The largest absolute Gasteiger partial charge is 0.370 e. The van der Waals surface area contributed by atoms with Gasteiger partial charge in [-0.3, -0.25) is 4.72 Å². The molecule has 0 aromatic carbocycles. The van der Waals surface area contributed by atoms with E-state index >= 15 is 0 Å². The highest BCUT2D eigenvalue weighted by molar-refractivity contribution is 7.94. The van der Waals surface area contributed by atoms with Crippen molar-refractivity contribution in [2.75, 3.05) is 16.6 Å². The van der Waals surface area contributed by atoms with Crippen LogP contribution in [0.4, 0.5) is 11.5 Å². The Hall–Kier alpha value is -1.60. The summed E-state index contributed by atoms with van der Waals surface area (Å²) >= 11 is 1.18. The van der Waals surface area contributed by atoms with E-state index in [2.05, 4.69) is 21.9 Å². The van der Waals surface area contributed by atoms with E-state index in [4.69, 9.17) is 0 Å². The molecular weight excluding hydrogens is 294 g/mol. The first-order valence-electron chi connectivity index (χ1n) is 6.38. The first kappa shape index (κ1) is 14.8. The summed E-state index contributed by atoms with van der Waals surface area (Å²) in [5.74, 6) is 0.748. The van der Waals surface area contributed by atoms with Crippen LogP contribution in [-0.4, -0.2) is 19.9 Å². The molecule has 0 spiro atoms. The Balaban J connectivity index is 2.00. The molecule has 2 N–H and O–H groups in total. The zero-order valence-electron chi connectivity index (χ0n) is 11.2. The minimum Gasteiger partial charge on any atom is -0.370 e. The van der Waals surface area contributed by atoms with Gasteiger partial charge in [-0.05, 0) is 30.0 Å². The molecule has 0 aliphatic carbocycles. The molecule has 0 aliphatic heterocycles. The van der Waals surface area contributed by atoms with Crippen molar-refractivity contribution in [2.24, 2.45) is 0 Å². The zero-order chi connectivity index (χ0) is 14.4. The van der Waals surface area contributed by atoms with E-state index in [1.54, 1.807) is 29.6 Å². The molecule has 20 heavy (non-hydrogen) atoms. The first-order chi connectivity index (χ1) is 9.62. The lowest BCUT2D eigenvalue weighted by Gasteiger charge is -2.08. The van der Waals surface area contributed by atoms with Crippen LogP contribution in [0.5, 0.6) is 0 Å². The number of hydrogen-bond donors (Lipinski definition) is 2. The summed E-state index contributed by atoms with van der Waals surface area (Å²) < 4.78 is 26.8. The van der Waals surface area contributed by atoms with Gasteiger partial charge in [-0.2, -0.15) is 0 Å². The van der Waals surface area contributed by atoms with Crippen LogP contribution in [0.25, 0.3) is 0 Å². The topological polar surface area (TPSA) is 71.1 Å². The van der Waals surface area contributed by atoms with Crippen molar-refractivity contribution >= 4 is 32.9 Å². The van der Waals surface area contributed by atoms with Crippen molar-refractivity contribution in [1.82, 2.24) is 4.98 Å². The molecule has 0 fully saturated rings. The van der Waals surface area contributed by atoms with Gasteiger partial charge in [0.15, 0.2) is 0 Å². The maximum atomic E-state index is 12.0. The Morgan fingerprint density at radius 3 is 2.75 bits per heavy atom. The molecule has 2 heterocycles. The number of nitrogens with zero attached hydrogens (tertiary/aromatic N) is 1. The maximum Gasteiger partial charge on any atom is 0.271 e. The standard InChI is InChI=1S/C13H17N3O2S2/c1-2-3-8-14-12-7-6-11(10-15-12)16-20(17,18)13-5-4-9-19-13/h4-7,9-10,16H,2-3,8H2,1H3,(H,14,15). The van der Waals surface area contributed by atoms with E-state index in [-0.39, 0.29) is 0 Å². The van der Waals surface area contributed by atoms with Gasteiger partial charge in [-0.1, -0.05) is 19.4 Å². The molecule has 0 amide bonds. The van der Waals surface area contributed by atoms with E-state index in [9.17, 15) is 8.42 Å². The lowest BCUT2D eigenvalue weighted by Crippen LogP contribution is -2.11. The molecule has 0 unspecified atom stereocenters. The van der Waals surface area contributed by atoms with Crippen LogP contribution >= 0.6 is 11.3 Å². The van der Waals surface area contributed by atoms with Crippen LogP contribution in [0, 0.1) is 0 Å². The second-order valence-electron chi connectivity index (χ2n) is 4.25. The summed E-state index contributed by atoms with van der Waals surface area (Å²) in [6, 6.07) is 6.74. The van der Waals surface area contributed by atoms with Crippen molar-refractivity contribution in [1.29, 1.82) is 0 Å². The van der Waals surface area contributed by atoms with Gasteiger partial charge in [-0.15, -0.1) is 11.3 Å². The van der Waals surface area contributed by atoms with Gasteiger partial charge in [0.25, 0.3) is 10.0 Å². The van der Waals surface area contributed by atoms with Gasteiger partial charge >= 0.3 is 0 Å². The predicted octanol–water partition coefficient (Wildman–Crippen LogP) is 3.16. The number of aromatic nitrogens is 1. The molecule has 5 nitrogen and oxygen atoms in total. The highest BCUT2D eigenvalue weighted by Gasteiger charge is 2.14. The molecule has 0 saturated carbocycles. The van der Waals surface area contributed by atoms with Gasteiger partial charge < -0.3 is 5.32 Å². The number of unbranched alkanes of at least 4 members (excludes halogenated alkanes) is 1. The number of pyridine rings is 1. The van der Waals surface area contributed by atoms with E-state index in [0.717, 1.165) is 25.2 Å². The second kappa shape index (κ2) is 6.71. The average Bonchev–Trinajstić information content (AvgIpc) is 2.95. The Labute approximate surface area is 123 Å². The molecule has 7 heteroatoms. The highest BCUT2D eigenvalue weighted by atomic mass is 32.2. The fourth-order valence-corrected chi connectivity index (χ4v) is 3.61. The third-order valence-electron chi connectivity index (χ3n) is 2.61. The Morgan fingerprint density at radius 1 is 1.30 bits per heavy atom. The van der Waals surface area contributed by atoms with Gasteiger partial charge in [0.1, 0.15) is 10.0 Å². The van der Waals surface area contributed by atoms with E-state index < -0.39 is 10.0 Å². The van der Waals surface area contributed by atoms with Crippen LogP contribution in [0.15, 0.2) is 40.1 Å².